The van der Waals surface area contributed by atoms with Gasteiger partial charge in [0.05, 0.1) is 24.1 Å². The molecule has 0 bridgehead atoms. The predicted octanol–water partition coefficient (Wildman–Crippen LogP) is 7.67. The van der Waals surface area contributed by atoms with Gasteiger partial charge in [-0.1, -0.05) is 38.1 Å². The number of hydrogen-bond acceptors (Lipinski definition) is 4. The minimum absolute atomic E-state index is 0.116. The number of benzene rings is 3. The number of pyridine rings is 1. The molecule has 0 unspecified atom stereocenters. The number of carboxylic acid groups (broad SMARTS) is 1. The number of aliphatic carboxylic acids is 1. The molecule has 3 aromatic carbocycles. The van der Waals surface area contributed by atoms with E-state index in [0.717, 1.165) is 28.7 Å². The van der Waals surface area contributed by atoms with Crippen molar-refractivity contribution in [2.45, 2.75) is 66.4 Å². The number of alkyl halides is 2. The van der Waals surface area contributed by atoms with Gasteiger partial charge in [0.1, 0.15) is 5.75 Å². The Morgan fingerprint density at radius 3 is 2.32 bits per heavy atom. The largest absolute Gasteiger partial charge is 0.493 e. The summed E-state index contributed by atoms with van der Waals surface area (Å²) >= 11 is 0. The van der Waals surface area contributed by atoms with Crippen LogP contribution >= 0.6 is 0 Å². The van der Waals surface area contributed by atoms with Crippen LogP contribution in [-0.2, 0) is 17.6 Å². The van der Waals surface area contributed by atoms with Crippen LogP contribution in [-0.4, -0.2) is 33.4 Å². The van der Waals surface area contributed by atoms with Crippen molar-refractivity contribution in [3.8, 4) is 16.9 Å². The molecule has 1 aliphatic heterocycles. The number of aliphatic hydroxyl groups is 1. The molecular weight excluding hydrogens is 488 g/mol. The number of rotatable bonds is 4. The lowest BCUT2D eigenvalue weighted by Crippen LogP contribution is -2.10. The van der Waals surface area contributed by atoms with E-state index >= 15 is 0 Å². The molecular formula is C31H35F2NO4. The topological polar surface area (TPSA) is 79.7 Å². The SMILES string of the molecule is CC.CC(C)(C)O.Cc1c(CC(=O)O)c(-c2ccc3c4c(ccnc24)CCO3)c2ccccc2c1C(F)F. The first-order valence-electron chi connectivity index (χ1n) is 12.8. The lowest BCUT2D eigenvalue weighted by molar-refractivity contribution is -0.136. The van der Waals surface area contributed by atoms with Gasteiger partial charge >= 0.3 is 5.97 Å². The molecule has 1 aliphatic rings. The van der Waals surface area contributed by atoms with Crippen molar-refractivity contribution in [1.29, 1.82) is 0 Å². The van der Waals surface area contributed by atoms with Gasteiger partial charge in [0.2, 0.25) is 0 Å². The van der Waals surface area contributed by atoms with Crippen LogP contribution in [0.4, 0.5) is 8.78 Å². The van der Waals surface area contributed by atoms with Gasteiger partial charge in [-0.3, -0.25) is 9.78 Å². The molecule has 0 saturated carbocycles. The number of ether oxygens (including phenoxy) is 1. The summed E-state index contributed by atoms with van der Waals surface area (Å²) in [4.78, 5) is 16.3. The first-order valence-corrected chi connectivity index (χ1v) is 12.8. The average molecular weight is 524 g/mol. The Kier molecular flexibility index (Phi) is 9.05. The van der Waals surface area contributed by atoms with Crippen LogP contribution in [0, 0.1) is 6.92 Å². The number of halogens is 2. The molecule has 0 fully saturated rings. The summed E-state index contributed by atoms with van der Waals surface area (Å²) in [6.45, 7) is 11.4. The highest BCUT2D eigenvalue weighted by Crippen LogP contribution is 2.45. The lowest BCUT2D eigenvalue weighted by Gasteiger charge is -2.23. The molecule has 0 aliphatic carbocycles. The van der Waals surface area contributed by atoms with Crippen LogP contribution < -0.4 is 4.74 Å². The van der Waals surface area contributed by atoms with Gasteiger partial charge < -0.3 is 14.9 Å². The highest BCUT2D eigenvalue weighted by Gasteiger charge is 2.26. The smallest absolute Gasteiger partial charge is 0.307 e. The molecule has 0 radical (unpaired) electrons. The van der Waals surface area contributed by atoms with Crippen molar-refractivity contribution in [3.05, 3.63) is 70.9 Å². The summed E-state index contributed by atoms with van der Waals surface area (Å²) in [6, 6.07) is 12.6. The maximum atomic E-state index is 14.0. The fraction of sp³-hybridized carbons (Fsp3) is 0.355. The minimum Gasteiger partial charge on any atom is -0.493 e. The van der Waals surface area contributed by atoms with Gasteiger partial charge in [-0.15, -0.1) is 0 Å². The molecule has 1 aromatic heterocycles. The molecule has 4 aromatic rings. The van der Waals surface area contributed by atoms with Crippen LogP contribution in [0.15, 0.2) is 48.7 Å². The molecule has 0 atom stereocenters. The molecule has 0 saturated heterocycles. The average Bonchev–Trinajstić information content (AvgIpc) is 2.85. The van der Waals surface area contributed by atoms with E-state index in [1.807, 2.05) is 32.0 Å². The zero-order valence-electron chi connectivity index (χ0n) is 22.7. The Labute approximate surface area is 222 Å². The molecule has 2 heterocycles. The molecule has 5 nitrogen and oxygen atoms in total. The number of aromatic nitrogens is 1. The van der Waals surface area contributed by atoms with E-state index in [-0.39, 0.29) is 12.0 Å². The number of carboxylic acids is 1. The highest BCUT2D eigenvalue weighted by molar-refractivity contribution is 6.09. The van der Waals surface area contributed by atoms with Crippen molar-refractivity contribution in [2.75, 3.05) is 6.61 Å². The second-order valence-corrected chi connectivity index (χ2v) is 9.88. The van der Waals surface area contributed by atoms with Gasteiger partial charge in [-0.25, -0.2) is 8.78 Å². The van der Waals surface area contributed by atoms with Crippen molar-refractivity contribution >= 4 is 27.6 Å². The summed E-state index contributed by atoms with van der Waals surface area (Å²) in [5, 5.41) is 20.0. The first-order chi connectivity index (χ1) is 18.0. The molecule has 0 amide bonds. The number of fused-ring (bicyclic) bond motifs is 1. The highest BCUT2D eigenvalue weighted by atomic mass is 19.3. The third kappa shape index (κ3) is 6.10. The van der Waals surface area contributed by atoms with Crippen molar-refractivity contribution in [2.24, 2.45) is 0 Å². The van der Waals surface area contributed by atoms with Crippen molar-refractivity contribution < 1.29 is 28.5 Å². The predicted molar refractivity (Wildman–Crippen MR) is 148 cm³/mol. The maximum absolute atomic E-state index is 14.0. The molecule has 202 valence electrons. The monoisotopic (exact) mass is 523 g/mol. The number of nitrogens with zero attached hydrogens (tertiary/aromatic N) is 1. The quantitative estimate of drug-likeness (QED) is 0.287. The Morgan fingerprint density at radius 1 is 1.08 bits per heavy atom. The molecule has 7 heteroatoms. The summed E-state index contributed by atoms with van der Waals surface area (Å²) in [7, 11) is 0. The zero-order chi connectivity index (χ0) is 28.2. The van der Waals surface area contributed by atoms with Gasteiger partial charge in [0.25, 0.3) is 6.43 Å². The Bertz CT molecular complexity index is 1440. The molecule has 38 heavy (non-hydrogen) atoms. The van der Waals surface area contributed by atoms with E-state index in [0.29, 0.717) is 39.6 Å². The van der Waals surface area contributed by atoms with E-state index in [1.165, 1.54) is 0 Å². The Balaban J connectivity index is 0.000000515. The molecule has 0 spiro atoms. The number of hydrogen-bond donors (Lipinski definition) is 2. The fourth-order valence-corrected chi connectivity index (χ4v) is 4.72. The van der Waals surface area contributed by atoms with E-state index in [9.17, 15) is 18.7 Å². The number of carbonyl (C=O) groups is 1. The second kappa shape index (κ2) is 11.9. The summed E-state index contributed by atoms with van der Waals surface area (Å²) in [6.07, 6.45) is -0.586. The van der Waals surface area contributed by atoms with Crippen molar-refractivity contribution in [3.63, 3.8) is 0 Å². The van der Waals surface area contributed by atoms with E-state index < -0.39 is 18.0 Å². The molecule has 5 rings (SSSR count). The van der Waals surface area contributed by atoms with Crippen LogP contribution in [0.5, 0.6) is 5.75 Å². The van der Waals surface area contributed by atoms with Gasteiger partial charge in [-0.05, 0) is 78.9 Å². The van der Waals surface area contributed by atoms with Crippen molar-refractivity contribution in [1.82, 2.24) is 4.98 Å². The van der Waals surface area contributed by atoms with Crippen LogP contribution in [0.1, 0.15) is 63.3 Å². The molecule has 2 N–H and O–H groups in total. The second-order valence-electron chi connectivity index (χ2n) is 9.88. The Morgan fingerprint density at radius 2 is 1.71 bits per heavy atom. The first kappa shape index (κ1) is 29.0. The van der Waals surface area contributed by atoms with E-state index in [1.54, 1.807) is 58.2 Å². The fourth-order valence-electron chi connectivity index (χ4n) is 4.72. The Hall–Kier alpha value is -3.58. The van der Waals surface area contributed by atoms with Gasteiger partial charge in [0.15, 0.2) is 0 Å². The normalized spacial score (nSPS) is 12.4. The van der Waals surface area contributed by atoms with Gasteiger partial charge in [0, 0.05) is 29.1 Å². The summed E-state index contributed by atoms with van der Waals surface area (Å²) < 4.78 is 33.9. The third-order valence-electron chi connectivity index (χ3n) is 6.03. The van der Waals surface area contributed by atoms with E-state index in [4.69, 9.17) is 9.84 Å². The standard InChI is InChI=1S/C25H19F2NO3.C4H10O.C2H6/c1-13-18(12-20(29)30)23(16-5-3-2-4-15(16)21(13)25(26)27)17-6-7-19-22-14(9-11-31-19)8-10-28-24(17)22;1-4(2,3)5;1-2/h2-8,10,25H,9,11-12H2,1H3,(H,29,30);5H,1-3H3;1-2H3. The lowest BCUT2D eigenvalue weighted by atomic mass is 9.84. The van der Waals surface area contributed by atoms with Crippen LogP contribution in [0.3, 0.4) is 0 Å². The minimum atomic E-state index is -2.71. The third-order valence-corrected chi connectivity index (χ3v) is 6.03. The van der Waals surface area contributed by atoms with Crippen LogP contribution in [0.25, 0.3) is 32.8 Å². The van der Waals surface area contributed by atoms with Crippen LogP contribution in [0.2, 0.25) is 0 Å². The summed E-state index contributed by atoms with van der Waals surface area (Å²) in [5.41, 5.74) is 3.25. The van der Waals surface area contributed by atoms with E-state index in [2.05, 4.69) is 4.98 Å². The zero-order valence-corrected chi connectivity index (χ0v) is 22.7. The maximum Gasteiger partial charge on any atom is 0.307 e. The van der Waals surface area contributed by atoms with Gasteiger partial charge in [-0.2, -0.15) is 0 Å². The summed E-state index contributed by atoms with van der Waals surface area (Å²) in [5.74, 6) is -0.336.